The summed E-state index contributed by atoms with van der Waals surface area (Å²) in [5, 5.41) is 2.49. The number of hydrogen-bond acceptors (Lipinski definition) is 5. The minimum absolute atomic E-state index is 0.0364. The highest BCUT2D eigenvalue weighted by Gasteiger charge is 2.26. The molecule has 0 heterocycles. The van der Waals surface area contributed by atoms with E-state index in [4.69, 9.17) is 11.6 Å². The van der Waals surface area contributed by atoms with Gasteiger partial charge in [0.15, 0.2) is 0 Å². The molecule has 1 amide bonds. The van der Waals surface area contributed by atoms with Gasteiger partial charge in [-0.1, -0.05) is 11.6 Å². The molecule has 0 spiro atoms. The number of halogens is 1. The Morgan fingerprint density at radius 1 is 1.25 bits per heavy atom. The summed E-state index contributed by atoms with van der Waals surface area (Å²) in [6.45, 7) is 4.92. The van der Waals surface area contributed by atoms with E-state index in [1.165, 1.54) is 43.6 Å². The lowest BCUT2D eigenvalue weighted by atomic mass is 10.2. The molecule has 1 unspecified atom stereocenters. The molecule has 1 aromatic rings. The fourth-order valence-electron chi connectivity index (χ4n) is 1.79. The van der Waals surface area contributed by atoms with Gasteiger partial charge < -0.3 is 10.1 Å². The van der Waals surface area contributed by atoms with Gasteiger partial charge in [0, 0.05) is 13.1 Å². The van der Waals surface area contributed by atoms with Crippen LogP contribution in [-0.2, 0) is 19.6 Å². The third kappa shape index (κ3) is 4.46. The average molecular weight is 377 g/mol. The van der Waals surface area contributed by atoms with Crippen molar-refractivity contribution in [2.75, 3.05) is 14.2 Å². The van der Waals surface area contributed by atoms with Crippen LogP contribution in [0.2, 0.25) is 5.02 Å². The topological polar surface area (TPSA) is 92.8 Å². The van der Waals surface area contributed by atoms with Gasteiger partial charge in [-0.25, -0.2) is 13.2 Å². The molecular formula is C15H21ClN2O5S. The Balaban J connectivity index is 3.19. The summed E-state index contributed by atoms with van der Waals surface area (Å²) in [5.41, 5.74) is -0.0364. The standard InChI is InChI=1S/C15H21ClN2O5S/c1-9(2)18(4)24(21,22)11-6-7-13(16)12(8-11)14(19)17-10(3)15(20)23-5/h6-10H,1-5H3,(H,17,19). The van der Waals surface area contributed by atoms with Gasteiger partial charge in [-0.05, 0) is 39.0 Å². The second-order valence-electron chi connectivity index (χ2n) is 5.47. The smallest absolute Gasteiger partial charge is 0.328 e. The Hall–Kier alpha value is -1.64. The van der Waals surface area contributed by atoms with E-state index in [-0.39, 0.29) is 21.5 Å². The number of nitrogens with zero attached hydrogens (tertiary/aromatic N) is 1. The van der Waals surface area contributed by atoms with Crippen LogP contribution in [0.4, 0.5) is 0 Å². The summed E-state index contributed by atoms with van der Waals surface area (Å²) in [7, 11) is -1.10. The number of carbonyl (C=O) groups is 2. The van der Waals surface area contributed by atoms with E-state index in [1.54, 1.807) is 13.8 Å². The van der Waals surface area contributed by atoms with Crippen LogP contribution in [-0.4, -0.2) is 50.8 Å². The molecule has 0 aliphatic heterocycles. The van der Waals surface area contributed by atoms with E-state index in [2.05, 4.69) is 10.1 Å². The number of amides is 1. The molecule has 0 radical (unpaired) electrons. The lowest BCUT2D eigenvalue weighted by molar-refractivity contribution is -0.142. The monoisotopic (exact) mass is 376 g/mol. The number of nitrogens with one attached hydrogen (secondary N) is 1. The Morgan fingerprint density at radius 3 is 2.33 bits per heavy atom. The normalized spacial score (nSPS) is 13.0. The van der Waals surface area contributed by atoms with E-state index < -0.39 is 27.9 Å². The van der Waals surface area contributed by atoms with E-state index in [9.17, 15) is 18.0 Å². The second kappa shape index (κ2) is 7.96. The van der Waals surface area contributed by atoms with Crippen molar-refractivity contribution < 1.29 is 22.7 Å². The Kier molecular flexibility index (Phi) is 6.76. The van der Waals surface area contributed by atoms with Crippen molar-refractivity contribution in [1.29, 1.82) is 0 Å². The van der Waals surface area contributed by atoms with Crippen LogP contribution in [0.5, 0.6) is 0 Å². The Morgan fingerprint density at radius 2 is 1.83 bits per heavy atom. The number of carbonyl (C=O) groups excluding carboxylic acids is 2. The molecule has 1 N–H and O–H groups in total. The van der Waals surface area contributed by atoms with Crippen LogP contribution in [0.1, 0.15) is 31.1 Å². The second-order valence-corrected chi connectivity index (χ2v) is 7.88. The van der Waals surface area contributed by atoms with Crippen molar-refractivity contribution in [3.63, 3.8) is 0 Å². The quantitative estimate of drug-likeness (QED) is 0.762. The molecule has 1 rings (SSSR count). The van der Waals surface area contributed by atoms with Crippen molar-refractivity contribution in [2.24, 2.45) is 0 Å². The number of ether oxygens (including phenoxy) is 1. The molecule has 9 heteroatoms. The van der Waals surface area contributed by atoms with Gasteiger partial charge in [-0.15, -0.1) is 0 Å². The molecule has 1 aromatic carbocycles. The molecule has 7 nitrogen and oxygen atoms in total. The van der Waals surface area contributed by atoms with Crippen LogP contribution in [0.25, 0.3) is 0 Å². The van der Waals surface area contributed by atoms with Gasteiger partial charge in [0.1, 0.15) is 6.04 Å². The van der Waals surface area contributed by atoms with E-state index in [0.717, 1.165) is 0 Å². The van der Waals surface area contributed by atoms with Gasteiger partial charge in [0.05, 0.1) is 22.6 Å². The first kappa shape index (κ1) is 20.4. The first-order valence-corrected chi connectivity index (χ1v) is 9.00. The molecule has 0 aromatic heterocycles. The number of esters is 1. The Labute approximate surface area is 147 Å². The average Bonchev–Trinajstić information content (AvgIpc) is 2.52. The van der Waals surface area contributed by atoms with Gasteiger partial charge >= 0.3 is 5.97 Å². The van der Waals surface area contributed by atoms with Crippen molar-refractivity contribution in [3.8, 4) is 0 Å². The highest BCUT2D eigenvalue weighted by atomic mass is 35.5. The van der Waals surface area contributed by atoms with Gasteiger partial charge in [-0.2, -0.15) is 4.31 Å². The molecule has 1 atom stereocenters. The van der Waals surface area contributed by atoms with Gasteiger partial charge in [-0.3, -0.25) is 4.79 Å². The van der Waals surface area contributed by atoms with Crippen molar-refractivity contribution >= 4 is 33.5 Å². The van der Waals surface area contributed by atoms with E-state index in [0.29, 0.717) is 0 Å². The first-order valence-electron chi connectivity index (χ1n) is 7.18. The highest BCUT2D eigenvalue weighted by Crippen LogP contribution is 2.23. The molecule has 0 saturated heterocycles. The van der Waals surface area contributed by atoms with Gasteiger partial charge in [0.2, 0.25) is 10.0 Å². The number of hydrogen-bond donors (Lipinski definition) is 1. The van der Waals surface area contributed by atoms with Crippen LogP contribution in [0.3, 0.4) is 0 Å². The molecule has 134 valence electrons. The maximum atomic E-state index is 12.5. The maximum absolute atomic E-state index is 12.5. The molecule has 0 bridgehead atoms. The minimum atomic E-state index is -3.76. The molecule has 24 heavy (non-hydrogen) atoms. The summed E-state index contributed by atoms with van der Waals surface area (Å²) in [4.78, 5) is 23.6. The summed E-state index contributed by atoms with van der Waals surface area (Å²) in [5.74, 6) is -1.29. The molecule has 0 fully saturated rings. The maximum Gasteiger partial charge on any atom is 0.328 e. The van der Waals surface area contributed by atoms with Crippen LogP contribution >= 0.6 is 11.6 Å². The zero-order chi connectivity index (χ0) is 18.7. The molecule has 0 saturated carbocycles. The summed E-state index contributed by atoms with van der Waals surface area (Å²) in [6.07, 6.45) is 0. The fourth-order valence-corrected chi connectivity index (χ4v) is 3.39. The number of methoxy groups -OCH3 is 1. The summed E-state index contributed by atoms with van der Waals surface area (Å²) < 4.78 is 30.7. The van der Waals surface area contributed by atoms with E-state index >= 15 is 0 Å². The van der Waals surface area contributed by atoms with E-state index in [1.807, 2.05) is 0 Å². The molecular weight excluding hydrogens is 356 g/mol. The van der Waals surface area contributed by atoms with Gasteiger partial charge in [0.25, 0.3) is 5.91 Å². The first-order chi connectivity index (χ1) is 11.0. The number of benzene rings is 1. The summed E-state index contributed by atoms with van der Waals surface area (Å²) >= 11 is 5.99. The number of rotatable bonds is 6. The van der Waals surface area contributed by atoms with Crippen molar-refractivity contribution in [3.05, 3.63) is 28.8 Å². The van der Waals surface area contributed by atoms with Crippen molar-refractivity contribution in [1.82, 2.24) is 9.62 Å². The predicted octanol–water partition coefficient (Wildman–Crippen LogP) is 1.66. The SMILES string of the molecule is COC(=O)C(C)NC(=O)c1cc(S(=O)(=O)N(C)C(C)C)ccc1Cl. The van der Waals surface area contributed by atoms with Crippen LogP contribution < -0.4 is 5.32 Å². The third-order valence-corrected chi connectivity index (χ3v) is 5.85. The van der Waals surface area contributed by atoms with Crippen LogP contribution in [0, 0.1) is 0 Å². The van der Waals surface area contributed by atoms with Crippen LogP contribution in [0.15, 0.2) is 23.1 Å². The lowest BCUT2D eigenvalue weighted by Crippen LogP contribution is -2.39. The highest BCUT2D eigenvalue weighted by molar-refractivity contribution is 7.89. The minimum Gasteiger partial charge on any atom is -0.467 e. The molecule has 0 aliphatic rings. The summed E-state index contributed by atoms with van der Waals surface area (Å²) in [6, 6.07) is 2.72. The fraction of sp³-hybridized carbons (Fsp3) is 0.467. The zero-order valence-electron chi connectivity index (χ0n) is 14.2. The predicted molar refractivity (Wildman–Crippen MR) is 90.5 cm³/mol. The molecule has 0 aliphatic carbocycles. The zero-order valence-corrected chi connectivity index (χ0v) is 15.7. The Bertz CT molecular complexity index is 733. The lowest BCUT2D eigenvalue weighted by Gasteiger charge is -2.21. The van der Waals surface area contributed by atoms with Crippen molar-refractivity contribution in [2.45, 2.75) is 37.8 Å². The largest absolute Gasteiger partial charge is 0.467 e. The number of sulfonamides is 1. The third-order valence-electron chi connectivity index (χ3n) is 3.49.